The third-order valence-corrected chi connectivity index (χ3v) is 4.14. The van der Waals surface area contributed by atoms with Crippen molar-refractivity contribution in [3.05, 3.63) is 29.3 Å². The summed E-state index contributed by atoms with van der Waals surface area (Å²) in [5, 5.41) is 9.88. The van der Waals surface area contributed by atoms with Gasteiger partial charge >= 0.3 is 0 Å². The number of nitrogens with zero attached hydrogens (tertiary/aromatic N) is 2. The van der Waals surface area contributed by atoms with E-state index in [9.17, 15) is 0 Å². The molecule has 1 aromatic carbocycles. The van der Waals surface area contributed by atoms with Crippen molar-refractivity contribution in [2.75, 3.05) is 6.61 Å². The number of halogens is 1. The van der Waals surface area contributed by atoms with E-state index in [-0.39, 0.29) is 5.38 Å². The van der Waals surface area contributed by atoms with Gasteiger partial charge in [0.2, 0.25) is 0 Å². The summed E-state index contributed by atoms with van der Waals surface area (Å²) in [5.41, 5.74) is 1.05. The summed E-state index contributed by atoms with van der Waals surface area (Å²) in [5.74, 6) is 0.896. The van der Waals surface area contributed by atoms with Crippen LogP contribution >= 0.6 is 22.9 Å². The average Bonchev–Trinajstić information content (AvgIpc) is 2.90. The molecule has 5 heteroatoms. The number of ether oxygens (including phenoxy) is 1. The molecule has 0 aliphatic heterocycles. The predicted octanol–water partition coefficient (Wildman–Crippen LogP) is 4.68. The summed E-state index contributed by atoms with van der Waals surface area (Å²) in [6.45, 7) is 4.82. The number of hydrogen-bond acceptors (Lipinski definition) is 4. The SMILES string of the molecule is CCCCOc1ccc(-c2nnc(C(C)Cl)s2)cc1. The zero-order valence-corrected chi connectivity index (χ0v) is 12.7. The van der Waals surface area contributed by atoms with Gasteiger partial charge in [-0.05, 0) is 37.6 Å². The number of rotatable bonds is 6. The first-order chi connectivity index (χ1) is 9.20. The average molecular weight is 297 g/mol. The van der Waals surface area contributed by atoms with Gasteiger partial charge in [0.15, 0.2) is 0 Å². The zero-order valence-electron chi connectivity index (χ0n) is 11.1. The molecule has 0 spiro atoms. The molecule has 1 heterocycles. The van der Waals surface area contributed by atoms with Crippen LogP contribution in [0.3, 0.4) is 0 Å². The van der Waals surface area contributed by atoms with Crippen LogP contribution in [0.15, 0.2) is 24.3 Å². The number of hydrogen-bond donors (Lipinski definition) is 0. The van der Waals surface area contributed by atoms with Crippen LogP contribution in [0.5, 0.6) is 5.75 Å². The second-order valence-electron chi connectivity index (χ2n) is 4.29. The smallest absolute Gasteiger partial charge is 0.147 e. The second-order valence-corrected chi connectivity index (χ2v) is 5.95. The van der Waals surface area contributed by atoms with Crippen LogP contribution < -0.4 is 4.74 Å². The van der Waals surface area contributed by atoms with Gasteiger partial charge in [0.25, 0.3) is 0 Å². The first kappa shape index (κ1) is 14.3. The summed E-state index contributed by atoms with van der Waals surface area (Å²) in [6, 6.07) is 7.95. The van der Waals surface area contributed by atoms with E-state index >= 15 is 0 Å². The van der Waals surface area contributed by atoms with Gasteiger partial charge in [0.1, 0.15) is 15.8 Å². The van der Waals surface area contributed by atoms with Gasteiger partial charge in [0.05, 0.1) is 12.0 Å². The van der Waals surface area contributed by atoms with Crippen LogP contribution in [0, 0.1) is 0 Å². The molecule has 2 aromatic rings. The molecule has 0 fully saturated rings. The van der Waals surface area contributed by atoms with Crippen LogP contribution in [0.1, 0.15) is 37.1 Å². The molecule has 0 aliphatic rings. The van der Waals surface area contributed by atoms with Crippen molar-refractivity contribution in [2.24, 2.45) is 0 Å². The minimum absolute atomic E-state index is 0.0945. The third-order valence-electron chi connectivity index (χ3n) is 2.65. The summed E-state index contributed by atoms with van der Waals surface area (Å²) in [7, 11) is 0. The lowest BCUT2D eigenvalue weighted by Gasteiger charge is -2.05. The van der Waals surface area contributed by atoms with E-state index < -0.39 is 0 Å². The Hall–Kier alpha value is -1.13. The molecule has 0 bridgehead atoms. The molecule has 1 unspecified atom stereocenters. The summed E-state index contributed by atoms with van der Waals surface area (Å²) in [4.78, 5) is 0. The topological polar surface area (TPSA) is 35.0 Å². The van der Waals surface area contributed by atoms with Gasteiger partial charge in [0, 0.05) is 5.56 Å². The highest BCUT2D eigenvalue weighted by Gasteiger charge is 2.10. The summed E-state index contributed by atoms with van der Waals surface area (Å²) in [6.07, 6.45) is 2.22. The van der Waals surface area contributed by atoms with Crippen molar-refractivity contribution in [1.82, 2.24) is 10.2 Å². The van der Waals surface area contributed by atoms with Gasteiger partial charge < -0.3 is 4.74 Å². The Labute approximate surface area is 122 Å². The lowest BCUT2D eigenvalue weighted by atomic mass is 10.2. The third kappa shape index (κ3) is 3.91. The fourth-order valence-corrected chi connectivity index (χ4v) is 2.50. The monoisotopic (exact) mass is 296 g/mol. The van der Waals surface area contributed by atoms with E-state index in [0.717, 1.165) is 40.8 Å². The van der Waals surface area contributed by atoms with Crippen molar-refractivity contribution >= 4 is 22.9 Å². The molecule has 0 aliphatic carbocycles. The highest BCUT2D eigenvalue weighted by Crippen LogP contribution is 2.30. The zero-order chi connectivity index (χ0) is 13.7. The fourth-order valence-electron chi connectivity index (χ4n) is 1.54. The molecule has 0 saturated carbocycles. The lowest BCUT2D eigenvalue weighted by molar-refractivity contribution is 0.309. The molecule has 1 aromatic heterocycles. The Kier molecular flexibility index (Phi) is 5.16. The number of alkyl halides is 1. The molecule has 102 valence electrons. The van der Waals surface area contributed by atoms with Gasteiger partial charge in [-0.2, -0.15) is 0 Å². The van der Waals surface area contributed by atoms with E-state index in [2.05, 4.69) is 17.1 Å². The van der Waals surface area contributed by atoms with E-state index in [1.807, 2.05) is 31.2 Å². The quantitative estimate of drug-likeness (QED) is 0.573. The van der Waals surface area contributed by atoms with Gasteiger partial charge in [-0.15, -0.1) is 21.8 Å². The maximum Gasteiger partial charge on any atom is 0.147 e. The van der Waals surface area contributed by atoms with Gasteiger partial charge in [-0.1, -0.05) is 24.7 Å². The van der Waals surface area contributed by atoms with E-state index in [4.69, 9.17) is 16.3 Å². The maximum absolute atomic E-state index is 5.99. The molecular weight excluding hydrogens is 280 g/mol. The maximum atomic E-state index is 5.99. The number of unbranched alkanes of at least 4 members (excludes halogenated alkanes) is 1. The van der Waals surface area contributed by atoms with Crippen molar-refractivity contribution in [2.45, 2.75) is 32.1 Å². The van der Waals surface area contributed by atoms with Crippen LogP contribution in [0.25, 0.3) is 10.6 Å². The molecule has 2 rings (SSSR count). The van der Waals surface area contributed by atoms with Crippen molar-refractivity contribution in [3.8, 4) is 16.3 Å². The Balaban J connectivity index is 2.04. The fraction of sp³-hybridized carbons (Fsp3) is 0.429. The number of aromatic nitrogens is 2. The minimum atomic E-state index is -0.0945. The second kappa shape index (κ2) is 6.87. The van der Waals surface area contributed by atoms with Gasteiger partial charge in [-0.25, -0.2) is 0 Å². The lowest BCUT2D eigenvalue weighted by Crippen LogP contribution is -1.95. The molecule has 3 nitrogen and oxygen atoms in total. The molecular formula is C14H17ClN2OS. The first-order valence-corrected chi connectivity index (χ1v) is 7.66. The largest absolute Gasteiger partial charge is 0.494 e. The van der Waals surface area contributed by atoms with Crippen LogP contribution in [-0.4, -0.2) is 16.8 Å². The standard InChI is InChI=1S/C14H17ClN2OS/c1-3-4-9-18-12-7-5-11(6-8-12)14-17-16-13(19-14)10(2)15/h5-8,10H,3-4,9H2,1-2H3. The van der Waals surface area contributed by atoms with Crippen molar-refractivity contribution in [3.63, 3.8) is 0 Å². The van der Waals surface area contributed by atoms with Crippen LogP contribution in [-0.2, 0) is 0 Å². The first-order valence-electron chi connectivity index (χ1n) is 6.41. The Morgan fingerprint density at radius 1 is 1.26 bits per heavy atom. The van der Waals surface area contributed by atoms with E-state index in [0.29, 0.717) is 0 Å². The van der Waals surface area contributed by atoms with E-state index in [1.54, 1.807) is 0 Å². The molecule has 0 amide bonds. The Morgan fingerprint density at radius 2 is 2.00 bits per heavy atom. The molecule has 1 atom stereocenters. The molecule has 19 heavy (non-hydrogen) atoms. The Bertz CT molecular complexity index is 510. The van der Waals surface area contributed by atoms with Crippen molar-refractivity contribution in [1.29, 1.82) is 0 Å². The minimum Gasteiger partial charge on any atom is -0.494 e. The van der Waals surface area contributed by atoms with Crippen LogP contribution in [0.4, 0.5) is 0 Å². The summed E-state index contributed by atoms with van der Waals surface area (Å²) < 4.78 is 5.63. The molecule has 0 radical (unpaired) electrons. The van der Waals surface area contributed by atoms with Gasteiger partial charge in [-0.3, -0.25) is 0 Å². The van der Waals surface area contributed by atoms with Crippen LogP contribution in [0.2, 0.25) is 0 Å². The predicted molar refractivity (Wildman–Crippen MR) is 80.0 cm³/mol. The molecule has 0 saturated heterocycles. The summed E-state index contributed by atoms with van der Waals surface area (Å²) >= 11 is 7.51. The van der Waals surface area contributed by atoms with E-state index in [1.165, 1.54) is 11.3 Å². The Morgan fingerprint density at radius 3 is 2.58 bits per heavy atom. The van der Waals surface area contributed by atoms with Crippen molar-refractivity contribution < 1.29 is 4.74 Å². The normalized spacial score (nSPS) is 12.4. The molecule has 0 N–H and O–H groups in total. The highest BCUT2D eigenvalue weighted by molar-refractivity contribution is 7.15. The number of benzene rings is 1. The highest BCUT2D eigenvalue weighted by atomic mass is 35.5.